The van der Waals surface area contributed by atoms with Crippen molar-refractivity contribution in [2.24, 2.45) is 0 Å². The lowest BCUT2D eigenvalue weighted by atomic mass is 10.2. The molecular weight excluding hydrogens is 257 g/mol. The molecule has 0 saturated heterocycles. The summed E-state index contributed by atoms with van der Waals surface area (Å²) in [6, 6.07) is 13.1. The highest BCUT2D eigenvalue weighted by Gasteiger charge is 2.00. The molecule has 19 heavy (non-hydrogen) atoms. The van der Waals surface area contributed by atoms with E-state index in [0.29, 0.717) is 0 Å². The van der Waals surface area contributed by atoms with Crippen molar-refractivity contribution in [2.75, 3.05) is 17.6 Å². The first-order chi connectivity index (χ1) is 9.15. The van der Waals surface area contributed by atoms with Gasteiger partial charge in [-0.15, -0.1) is 11.8 Å². The second-order valence-corrected chi connectivity index (χ2v) is 5.69. The number of aryl methyl sites for hydroxylation is 2. The summed E-state index contributed by atoms with van der Waals surface area (Å²) in [5, 5.41) is 3.23. The van der Waals surface area contributed by atoms with Crippen molar-refractivity contribution in [3.8, 4) is 0 Å². The van der Waals surface area contributed by atoms with Crippen LogP contribution in [0.5, 0.6) is 0 Å². The molecule has 2 rings (SSSR count). The van der Waals surface area contributed by atoms with Crippen molar-refractivity contribution in [2.45, 2.75) is 18.7 Å². The first-order valence-electron chi connectivity index (χ1n) is 6.34. The van der Waals surface area contributed by atoms with E-state index in [1.54, 1.807) is 6.07 Å². The lowest BCUT2D eigenvalue weighted by Crippen LogP contribution is -2.04. The van der Waals surface area contributed by atoms with E-state index in [4.69, 9.17) is 0 Å². The average Bonchev–Trinajstić information content (AvgIpc) is 2.39. The number of hydrogen-bond donors (Lipinski definition) is 1. The van der Waals surface area contributed by atoms with Crippen molar-refractivity contribution in [1.82, 2.24) is 0 Å². The number of anilines is 1. The van der Waals surface area contributed by atoms with Crippen LogP contribution in [0.1, 0.15) is 11.1 Å². The molecule has 2 aromatic carbocycles. The maximum absolute atomic E-state index is 13.0. The summed E-state index contributed by atoms with van der Waals surface area (Å²) in [7, 11) is 0. The van der Waals surface area contributed by atoms with Crippen LogP contribution in [0.25, 0.3) is 0 Å². The molecule has 0 bridgehead atoms. The Kier molecular flexibility index (Phi) is 4.86. The second-order valence-electron chi connectivity index (χ2n) is 4.55. The molecule has 2 aromatic rings. The van der Waals surface area contributed by atoms with Crippen LogP contribution in [0.15, 0.2) is 47.4 Å². The highest BCUT2D eigenvalue weighted by molar-refractivity contribution is 7.99. The van der Waals surface area contributed by atoms with E-state index in [0.717, 1.165) is 18.0 Å². The Hall–Kier alpha value is -1.48. The Morgan fingerprint density at radius 1 is 1.11 bits per heavy atom. The maximum Gasteiger partial charge on any atom is 0.125 e. The summed E-state index contributed by atoms with van der Waals surface area (Å²) in [5.41, 5.74) is 3.43. The van der Waals surface area contributed by atoms with Crippen molar-refractivity contribution in [3.63, 3.8) is 0 Å². The van der Waals surface area contributed by atoms with Crippen molar-refractivity contribution < 1.29 is 4.39 Å². The van der Waals surface area contributed by atoms with Crippen LogP contribution >= 0.6 is 11.8 Å². The summed E-state index contributed by atoms with van der Waals surface area (Å²) in [6.07, 6.45) is 0. The molecule has 1 nitrogen and oxygen atoms in total. The number of rotatable bonds is 5. The normalized spacial score (nSPS) is 10.5. The van der Waals surface area contributed by atoms with Gasteiger partial charge >= 0.3 is 0 Å². The Labute approximate surface area is 118 Å². The van der Waals surface area contributed by atoms with Gasteiger partial charge in [-0.3, -0.25) is 0 Å². The molecule has 0 heterocycles. The molecule has 0 saturated carbocycles. The van der Waals surface area contributed by atoms with Crippen LogP contribution < -0.4 is 5.32 Å². The highest BCUT2D eigenvalue weighted by Crippen LogP contribution is 2.23. The van der Waals surface area contributed by atoms with Gasteiger partial charge in [0.15, 0.2) is 0 Å². The van der Waals surface area contributed by atoms with Crippen molar-refractivity contribution in [3.05, 3.63) is 59.4 Å². The molecule has 0 spiro atoms. The fourth-order valence-corrected chi connectivity index (χ4v) is 2.81. The summed E-state index contributed by atoms with van der Waals surface area (Å²) in [6.45, 7) is 5.05. The standard InChI is InChI=1S/C16H18FNS/c1-12-6-7-13(2)16(10-12)19-9-8-18-15-5-3-4-14(17)11-15/h3-7,10-11,18H,8-9H2,1-2H3. The van der Waals surface area contributed by atoms with E-state index >= 15 is 0 Å². The van der Waals surface area contributed by atoms with Crippen LogP contribution in [0.2, 0.25) is 0 Å². The quantitative estimate of drug-likeness (QED) is 0.630. The van der Waals surface area contributed by atoms with E-state index in [9.17, 15) is 4.39 Å². The minimum absolute atomic E-state index is 0.202. The lowest BCUT2D eigenvalue weighted by molar-refractivity contribution is 0.628. The molecule has 0 fully saturated rings. The zero-order chi connectivity index (χ0) is 13.7. The highest BCUT2D eigenvalue weighted by atomic mass is 32.2. The minimum atomic E-state index is -0.202. The topological polar surface area (TPSA) is 12.0 Å². The van der Waals surface area contributed by atoms with E-state index < -0.39 is 0 Å². The van der Waals surface area contributed by atoms with Gasteiger partial charge in [0.05, 0.1) is 0 Å². The molecule has 3 heteroatoms. The lowest BCUT2D eigenvalue weighted by Gasteiger charge is -2.08. The van der Waals surface area contributed by atoms with Crippen molar-refractivity contribution >= 4 is 17.4 Å². The number of hydrogen-bond acceptors (Lipinski definition) is 2. The van der Waals surface area contributed by atoms with Gasteiger partial charge in [0.2, 0.25) is 0 Å². The first-order valence-corrected chi connectivity index (χ1v) is 7.33. The van der Waals surface area contributed by atoms with Gasteiger partial charge in [-0.2, -0.15) is 0 Å². The number of benzene rings is 2. The van der Waals surface area contributed by atoms with Crippen molar-refractivity contribution in [1.29, 1.82) is 0 Å². The molecular formula is C16H18FNS. The van der Waals surface area contributed by atoms with Gasteiger partial charge in [-0.1, -0.05) is 23.8 Å². The first kappa shape index (κ1) is 13.9. The number of thioether (sulfide) groups is 1. The summed E-state index contributed by atoms with van der Waals surface area (Å²) >= 11 is 1.83. The van der Waals surface area contributed by atoms with Gasteiger partial charge in [-0.25, -0.2) is 4.39 Å². The van der Waals surface area contributed by atoms with Gasteiger partial charge in [-0.05, 0) is 43.7 Å². The minimum Gasteiger partial charge on any atom is -0.384 e. The Morgan fingerprint density at radius 2 is 1.95 bits per heavy atom. The van der Waals surface area contributed by atoms with E-state index in [1.807, 2.05) is 17.8 Å². The van der Waals surface area contributed by atoms with Crippen LogP contribution in [0.4, 0.5) is 10.1 Å². The van der Waals surface area contributed by atoms with Gasteiger partial charge in [0, 0.05) is 22.9 Å². The predicted octanol–water partition coefficient (Wildman–Crippen LogP) is 4.65. The smallest absolute Gasteiger partial charge is 0.125 e. The Morgan fingerprint density at radius 3 is 2.74 bits per heavy atom. The number of halogens is 1. The van der Waals surface area contributed by atoms with E-state index in [2.05, 4.69) is 37.4 Å². The predicted molar refractivity (Wildman–Crippen MR) is 81.5 cm³/mol. The fourth-order valence-electron chi connectivity index (χ4n) is 1.82. The van der Waals surface area contributed by atoms with Gasteiger partial charge in [0.25, 0.3) is 0 Å². The monoisotopic (exact) mass is 275 g/mol. The molecule has 0 atom stereocenters. The molecule has 0 unspecified atom stereocenters. The van der Waals surface area contributed by atoms with Crippen LogP contribution in [0.3, 0.4) is 0 Å². The molecule has 0 aliphatic carbocycles. The molecule has 0 aliphatic heterocycles. The average molecular weight is 275 g/mol. The fraction of sp³-hybridized carbons (Fsp3) is 0.250. The molecule has 0 amide bonds. The zero-order valence-corrected chi connectivity index (χ0v) is 12.1. The summed E-state index contributed by atoms with van der Waals surface area (Å²) < 4.78 is 13.0. The summed E-state index contributed by atoms with van der Waals surface area (Å²) in [4.78, 5) is 1.32. The molecule has 0 radical (unpaired) electrons. The zero-order valence-electron chi connectivity index (χ0n) is 11.2. The molecule has 100 valence electrons. The SMILES string of the molecule is Cc1ccc(C)c(SCCNc2cccc(F)c2)c1. The third-order valence-electron chi connectivity index (χ3n) is 2.86. The van der Waals surface area contributed by atoms with E-state index in [1.165, 1.54) is 28.2 Å². The molecule has 0 aliphatic rings. The maximum atomic E-state index is 13.0. The molecule has 1 N–H and O–H groups in total. The van der Waals surface area contributed by atoms with Crippen LogP contribution in [0, 0.1) is 19.7 Å². The summed E-state index contributed by atoms with van der Waals surface area (Å²) in [5.74, 6) is 0.757. The number of nitrogens with one attached hydrogen (secondary N) is 1. The van der Waals surface area contributed by atoms with Crippen LogP contribution in [-0.4, -0.2) is 12.3 Å². The van der Waals surface area contributed by atoms with E-state index in [-0.39, 0.29) is 5.82 Å². The second kappa shape index (κ2) is 6.62. The van der Waals surface area contributed by atoms with Gasteiger partial charge in [0.1, 0.15) is 5.82 Å². The van der Waals surface area contributed by atoms with Gasteiger partial charge < -0.3 is 5.32 Å². The van der Waals surface area contributed by atoms with Crippen LogP contribution in [-0.2, 0) is 0 Å². The third-order valence-corrected chi connectivity index (χ3v) is 4.02. The largest absolute Gasteiger partial charge is 0.384 e. The Bertz CT molecular complexity index is 554. The third kappa shape index (κ3) is 4.28. The Balaban J connectivity index is 1.82. The molecule has 0 aromatic heterocycles.